The first kappa shape index (κ1) is 81.7. The molecule has 37 nitrogen and oxygen atoms in total. The van der Waals surface area contributed by atoms with Gasteiger partial charge in [0.25, 0.3) is 0 Å². The number of aliphatic hydroxyl groups is 17. The van der Waals surface area contributed by atoms with Crippen molar-refractivity contribution in [2.45, 2.75) is 235 Å². The fourth-order valence-corrected chi connectivity index (χ4v) is 13.0. The minimum Gasteiger partial charge on any atom is -0.394 e. The lowest BCUT2D eigenvalue weighted by atomic mass is 9.93. The normalized spacial score (nSPS) is 39.9. The van der Waals surface area contributed by atoms with E-state index >= 15 is 4.79 Å². The summed E-state index contributed by atoms with van der Waals surface area (Å²) in [7, 11) is 0. The van der Waals surface area contributed by atoms with Gasteiger partial charge in [-0.1, -0.05) is 67.1 Å². The first-order valence-electron chi connectivity index (χ1n) is 34.1. The Hall–Kier alpha value is -5.36. The van der Waals surface area contributed by atoms with E-state index in [0.717, 1.165) is 11.1 Å². The van der Waals surface area contributed by atoms with Crippen LogP contribution in [0.2, 0.25) is 0 Å². The molecule has 2 aromatic carbocycles. The highest BCUT2D eigenvalue weighted by molar-refractivity contribution is 5.92. The highest BCUT2D eigenvalue weighted by Crippen LogP contribution is 2.38. The molecule has 24 rings (SSSR count). The second kappa shape index (κ2) is 39.0. The summed E-state index contributed by atoms with van der Waals surface area (Å²) in [5.41, 5.74) is 1.59. The van der Waals surface area contributed by atoms with Gasteiger partial charge in [-0.2, -0.15) is 0 Å². The second-order valence-corrected chi connectivity index (χ2v) is 25.9. The van der Waals surface area contributed by atoms with Gasteiger partial charge < -0.3 is 165 Å². The Morgan fingerprint density at radius 3 is 0.990 bits per heavy atom. The zero-order valence-corrected chi connectivity index (χ0v) is 55.7. The molecule has 0 aliphatic carbocycles. The number of amides is 4. The maximum Gasteiger partial charge on any atom is 0.243 e. The fourth-order valence-electron chi connectivity index (χ4n) is 13.0. The van der Waals surface area contributed by atoms with Gasteiger partial charge in [-0.15, -0.1) is 0 Å². The highest BCUT2D eigenvalue weighted by Gasteiger charge is 2.59. The van der Waals surface area contributed by atoms with Crippen molar-refractivity contribution in [3.63, 3.8) is 0 Å². The van der Waals surface area contributed by atoms with E-state index in [-0.39, 0.29) is 51.1 Å². The zero-order valence-electron chi connectivity index (χ0n) is 55.7. The van der Waals surface area contributed by atoms with Crippen LogP contribution in [0.1, 0.15) is 56.1 Å². The molecule has 12 bridgehead atoms. The number of hydrogen-bond acceptors (Lipinski definition) is 33. The van der Waals surface area contributed by atoms with Gasteiger partial charge in [0.1, 0.15) is 146 Å². The lowest BCUT2D eigenvalue weighted by molar-refractivity contribution is -0.401. The first-order chi connectivity index (χ1) is 49.5. The molecule has 22 saturated heterocycles. The average Bonchev–Trinajstić information content (AvgIpc) is 0.771. The van der Waals surface area contributed by atoms with E-state index in [2.05, 4.69) is 21.3 Å². The summed E-state index contributed by atoms with van der Waals surface area (Å²) in [4.78, 5) is 54.1. The van der Waals surface area contributed by atoms with Crippen molar-refractivity contribution in [3.05, 3.63) is 83.9 Å². The highest BCUT2D eigenvalue weighted by atomic mass is 16.8. The molecule has 31 atom stereocenters. The molecule has 22 aliphatic rings. The van der Waals surface area contributed by atoms with E-state index < -0.39 is 248 Å². The molecule has 2 aromatic rings. The molecular formula is C66H96N4O33. The van der Waals surface area contributed by atoms with E-state index in [1.54, 1.807) is 36.4 Å². The van der Waals surface area contributed by atoms with E-state index in [4.69, 9.17) is 56.8 Å². The number of unbranched alkanes of at least 4 members (excludes halogenated alkanes) is 3. The maximum absolute atomic E-state index is 15.0. The van der Waals surface area contributed by atoms with Crippen LogP contribution in [-0.4, -0.2) is 353 Å². The summed E-state index contributed by atoms with van der Waals surface area (Å²) in [5.74, 6) is -2.43. The van der Waals surface area contributed by atoms with E-state index in [1.807, 2.05) is 36.4 Å². The number of ether oxygens (including phenoxy) is 12. The summed E-state index contributed by atoms with van der Waals surface area (Å²) in [6.45, 7) is -6.11. The van der Waals surface area contributed by atoms with Gasteiger partial charge in [0.2, 0.25) is 23.6 Å². The van der Waals surface area contributed by atoms with E-state index in [9.17, 15) is 101 Å². The van der Waals surface area contributed by atoms with Crippen LogP contribution in [-0.2, 0) is 76.0 Å². The molecule has 37 heteroatoms. The summed E-state index contributed by atoms with van der Waals surface area (Å²) >= 11 is 0. The quantitative estimate of drug-likeness (QED) is 0.0343. The Balaban J connectivity index is 0.985. The molecule has 0 radical (unpaired) electrons. The predicted molar refractivity (Wildman–Crippen MR) is 343 cm³/mol. The molecule has 22 heterocycles. The molecule has 103 heavy (non-hydrogen) atoms. The molecular weight excluding hydrogens is 1380 g/mol. The summed E-state index contributed by atoms with van der Waals surface area (Å²) in [6, 6.07) is 14.7. The van der Waals surface area contributed by atoms with Crippen LogP contribution in [0.3, 0.4) is 0 Å². The topological polar surface area (TPSA) is 571 Å². The van der Waals surface area contributed by atoms with Crippen molar-refractivity contribution in [2.75, 3.05) is 52.7 Å². The average molecular weight is 1470 g/mol. The smallest absolute Gasteiger partial charge is 0.243 e. The third-order valence-electron chi connectivity index (χ3n) is 18.7. The number of nitrogens with one attached hydrogen (secondary N) is 4. The maximum atomic E-state index is 15.0. The third-order valence-corrected chi connectivity index (χ3v) is 18.7. The molecule has 21 N–H and O–H groups in total. The van der Waals surface area contributed by atoms with Crippen molar-refractivity contribution in [1.82, 2.24) is 21.3 Å². The Labute approximate surface area is 589 Å². The SMILES string of the molecule is O=C(/C=C/c1ccccc1)NCCCCCC(=O)NC(CCCCNC(=O)/C=C/c1ccccc1)C(=O)N[C@@H]1[C@@H](O)[C@H]2O[C@H]3[C@H](O)[C@@H](O)[C@@H](O[C@H]4[C@H](O)[C@@H](O)[C@@H](O[C@H]5[C@H](O)[C@@H](O)[C@@H](O[C@H]6[C@H](O)[C@@H](O)[C@@H](O[C@H]7[C@H](O)[C@@H](O)[C@@H](O[C@@H]1[C@@H](CO)O2)O[C@@H]7CO)O[C@@H]6CO)O[C@@H]5CO)O[C@@H]4CO)O[C@@H]3CO. The Morgan fingerprint density at radius 2 is 0.660 bits per heavy atom. The minimum absolute atomic E-state index is 0.101. The molecule has 578 valence electrons. The summed E-state index contributed by atoms with van der Waals surface area (Å²) in [5, 5.41) is 204. The van der Waals surface area contributed by atoms with Crippen LogP contribution in [0.4, 0.5) is 0 Å². The number of carbonyl (C=O) groups is 4. The van der Waals surface area contributed by atoms with Gasteiger partial charge in [0.15, 0.2) is 37.7 Å². The number of hydrogen-bond donors (Lipinski definition) is 21. The van der Waals surface area contributed by atoms with Crippen molar-refractivity contribution in [1.29, 1.82) is 0 Å². The lowest BCUT2D eigenvalue weighted by Crippen LogP contribution is -2.71. The number of aliphatic hydroxyl groups excluding tert-OH is 17. The van der Waals surface area contributed by atoms with Crippen LogP contribution in [0.5, 0.6) is 0 Å². The van der Waals surface area contributed by atoms with Gasteiger partial charge in [0, 0.05) is 31.7 Å². The predicted octanol–water partition coefficient (Wildman–Crippen LogP) is -9.06. The number of rotatable bonds is 24. The van der Waals surface area contributed by atoms with E-state index in [1.165, 1.54) is 12.2 Å². The van der Waals surface area contributed by atoms with Crippen LogP contribution in [0.25, 0.3) is 12.2 Å². The number of benzene rings is 2. The van der Waals surface area contributed by atoms with Gasteiger partial charge >= 0.3 is 0 Å². The second-order valence-electron chi connectivity index (χ2n) is 25.9. The summed E-state index contributed by atoms with van der Waals surface area (Å²) < 4.78 is 70.6. The van der Waals surface area contributed by atoms with Crippen molar-refractivity contribution < 1.29 is 163 Å². The van der Waals surface area contributed by atoms with Crippen molar-refractivity contribution >= 4 is 35.8 Å². The van der Waals surface area contributed by atoms with Gasteiger partial charge in [-0.3, -0.25) is 19.2 Å². The zero-order chi connectivity index (χ0) is 74.2. The van der Waals surface area contributed by atoms with E-state index in [0.29, 0.717) is 12.8 Å². The van der Waals surface area contributed by atoms with Crippen LogP contribution < -0.4 is 21.3 Å². The molecule has 0 spiro atoms. The molecule has 22 fully saturated rings. The van der Waals surface area contributed by atoms with Crippen molar-refractivity contribution in [2.24, 2.45) is 0 Å². The third kappa shape index (κ3) is 20.5. The fraction of sp³-hybridized carbons (Fsp3) is 0.697. The Bertz CT molecular complexity index is 3000. The molecule has 22 aliphatic heterocycles. The molecule has 0 saturated carbocycles. The van der Waals surface area contributed by atoms with Gasteiger partial charge in [-0.25, -0.2) is 0 Å². The first-order valence-corrected chi connectivity index (χ1v) is 34.1. The van der Waals surface area contributed by atoms with Crippen LogP contribution in [0, 0.1) is 0 Å². The monoisotopic (exact) mass is 1470 g/mol. The van der Waals surface area contributed by atoms with Gasteiger partial charge in [-0.05, 0) is 55.4 Å². The Morgan fingerprint density at radius 1 is 0.359 bits per heavy atom. The molecule has 0 aromatic heterocycles. The lowest BCUT2D eigenvalue weighted by Gasteiger charge is -2.51. The van der Waals surface area contributed by atoms with Gasteiger partial charge in [0.05, 0.1) is 45.7 Å². The standard InChI is InChI=1S/C66H96N4O33/c71-24-33-54-42(70-60(91)32(16-9-11-23-68-40(78)21-19-31-14-6-2-7-15-31)69-41(79)17-8-3-10-22-67-39(77)20-18-30-12-4-1-5-13-30)43(80)61(92-33)99-55-34(25-72)94-63(50(87)45(55)82)101-57-36(27-74)96-65(52(89)47(57)84)103-59-38(29-76)97-66(53(90)48(59)85)102-58-37(28-75)95-64(51(88)46(58)83)100-56-35(26-73)93-62(98-54)49(86)44(56)81/h1-2,4-7,12-15,18-21,32-38,42-59,61-66,71-76,80-90H,3,8-11,16-17,22-29H2,(H,67,77)(H,68,78)(H,69,79)(H,70,91)/b20-18+,21-19+/t32?,33-,34-,35-,36-,37-,38-,42-,43-,44-,45-,46-,47-,48-,49-,50-,51-,52-,53-,54-,55-,56-,57-,58-,59-,61-,62-,63-,64-,65-,66-/m1/s1. The Kier molecular flexibility index (Phi) is 30.9. The van der Waals surface area contributed by atoms with Crippen LogP contribution >= 0.6 is 0 Å². The minimum atomic E-state index is -2.31. The summed E-state index contributed by atoms with van der Waals surface area (Å²) in [6.07, 6.45) is -52.3. The number of carbonyl (C=O) groups excluding carboxylic acids is 4. The van der Waals surface area contributed by atoms with Crippen LogP contribution in [0.15, 0.2) is 72.8 Å². The largest absolute Gasteiger partial charge is 0.394 e. The van der Waals surface area contributed by atoms with Crippen molar-refractivity contribution in [3.8, 4) is 0 Å². The molecule has 1 unspecified atom stereocenters. The molecule has 4 amide bonds.